The average Bonchev–Trinajstić information content (AvgIpc) is 2.17. The van der Waals surface area contributed by atoms with Gasteiger partial charge in [-0.15, -0.1) is 0 Å². The highest BCUT2D eigenvalue weighted by Crippen LogP contribution is 2.33. The van der Waals surface area contributed by atoms with Crippen LogP contribution in [0.25, 0.3) is 0 Å². The van der Waals surface area contributed by atoms with E-state index in [-0.39, 0.29) is 4.90 Å². The molecule has 84 valence electrons. The summed E-state index contributed by atoms with van der Waals surface area (Å²) in [6.45, 7) is 0. The van der Waals surface area contributed by atoms with E-state index in [0.29, 0.717) is 14.7 Å². The highest BCUT2D eigenvalue weighted by atomic mass is 79.9. The maximum absolute atomic E-state index is 11.6. The van der Waals surface area contributed by atoms with Crippen molar-refractivity contribution in [3.8, 4) is 5.75 Å². The fraction of sp³-hybridized carbons (Fsp3) is 0.250. The Balaban J connectivity index is 3.44. The zero-order chi connectivity index (χ0) is 11.6. The topological polar surface area (TPSA) is 55.4 Å². The molecule has 1 aromatic carbocycles. The van der Waals surface area contributed by atoms with Gasteiger partial charge in [0, 0.05) is 10.5 Å². The van der Waals surface area contributed by atoms with Crippen LogP contribution in [-0.2, 0) is 10.0 Å². The van der Waals surface area contributed by atoms with Crippen molar-refractivity contribution in [2.75, 3.05) is 14.2 Å². The second-order valence-corrected chi connectivity index (χ2v) is 6.19. The summed E-state index contributed by atoms with van der Waals surface area (Å²) in [6.07, 6.45) is 0. The average molecular weight is 359 g/mol. The quantitative estimate of drug-likeness (QED) is 0.900. The first-order valence-electron chi connectivity index (χ1n) is 3.89. The highest BCUT2D eigenvalue weighted by molar-refractivity contribution is 9.11. The van der Waals surface area contributed by atoms with Gasteiger partial charge in [0.1, 0.15) is 5.75 Å². The largest absolute Gasteiger partial charge is 0.496 e. The summed E-state index contributed by atoms with van der Waals surface area (Å²) in [5.41, 5.74) is 0. The molecule has 0 aliphatic heterocycles. The van der Waals surface area contributed by atoms with Crippen molar-refractivity contribution in [2.24, 2.45) is 0 Å². The molecule has 4 nitrogen and oxygen atoms in total. The normalized spacial score (nSPS) is 11.5. The van der Waals surface area contributed by atoms with E-state index in [9.17, 15) is 8.42 Å². The number of halogens is 2. The van der Waals surface area contributed by atoms with E-state index in [2.05, 4.69) is 36.6 Å². The molecule has 0 amide bonds. The molecule has 0 aliphatic rings. The van der Waals surface area contributed by atoms with Crippen molar-refractivity contribution in [1.82, 2.24) is 4.72 Å². The monoisotopic (exact) mass is 357 g/mol. The smallest absolute Gasteiger partial charge is 0.241 e. The number of hydrogen-bond acceptors (Lipinski definition) is 3. The SMILES string of the molecule is CNS(=O)(=O)c1cc(OC)c(Br)cc1Br. The van der Waals surface area contributed by atoms with Crippen molar-refractivity contribution in [3.63, 3.8) is 0 Å². The maximum atomic E-state index is 11.6. The predicted molar refractivity (Wildman–Crippen MR) is 64.6 cm³/mol. The Morgan fingerprint density at radius 3 is 2.33 bits per heavy atom. The molecule has 0 fully saturated rings. The first-order chi connectivity index (χ1) is 6.92. The van der Waals surface area contributed by atoms with Gasteiger partial charge in [0.25, 0.3) is 0 Å². The van der Waals surface area contributed by atoms with Gasteiger partial charge in [0.15, 0.2) is 0 Å². The molecular formula is C8H9Br2NO3S. The molecule has 0 aliphatic carbocycles. The lowest BCUT2D eigenvalue weighted by Gasteiger charge is -2.09. The maximum Gasteiger partial charge on any atom is 0.241 e. The summed E-state index contributed by atoms with van der Waals surface area (Å²) < 4.78 is 31.6. The van der Waals surface area contributed by atoms with E-state index in [1.165, 1.54) is 20.2 Å². The zero-order valence-electron chi connectivity index (χ0n) is 8.04. The highest BCUT2D eigenvalue weighted by Gasteiger charge is 2.18. The van der Waals surface area contributed by atoms with E-state index >= 15 is 0 Å². The van der Waals surface area contributed by atoms with Gasteiger partial charge in [-0.25, -0.2) is 13.1 Å². The molecule has 0 bridgehead atoms. The summed E-state index contributed by atoms with van der Waals surface area (Å²) in [7, 11) is -0.643. The first kappa shape index (κ1) is 13.0. The number of sulfonamides is 1. The Kier molecular flexibility index (Phi) is 4.16. The van der Waals surface area contributed by atoms with Gasteiger partial charge in [-0.3, -0.25) is 0 Å². The molecule has 15 heavy (non-hydrogen) atoms. The van der Waals surface area contributed by atoms with E-state index < -0.39 is 10.0 Å². The second-order valence-electron chi connectivity index (χ2n) is 2.62. The molecule has 0 atom stereocenters. The van der Waals surface area contributed by atoms with E-state index in [4.69, 9.17) is 4.74 Å². The second kappa shape index (κ2) is 4.82. The van der Waals surface area contributed by atoms with E-state index in [1.54, 1.807) is 6.07 Å². The van der Waals surface area contributed by atoms with Crippen LogP contribution in [0.5, 0.6) is 5.75 Å². The molecule has 1 N–H and O–H groups in total. The minimum Gasteiger partial charge on any atom is -0.496 e. The summed E-state index contributed by atoms with van der Waals surface area (Å²) in [4.78, 5) is 0.144. The molecule has 0 spiro atoms. The third-order valence-corrected chi connectivity index (χ3v) is 4.76. The van der Waals surface area contributed by atoms with Crippen LogP contribution >= 0.6 is 31.9 Å². The summed E-state index contributed by atoms with van der Waals surface area (Å²) >= 11 is 6.44. The lowest BCUT2D eigenvalue weighted by Crippen LogP contribution is -2.19. The minimum atomic E-state index is -3.48. The van der Waals surface area contributed by atoms with Gasteiger partial charge in [0.2, 0.25) is 10.0 Å². The molecule has 0 radical (unpaired) electrons. The van der Waals surface area contributed by atoms with Crippen molar-refractivity contribution < 1.29 is 13.2 Å². The Hall–Kier alpha value is -0.110. The molecular weight excluding hydrogens is 350 g/mol. The summed E-state index contributed by atoms with van der Waals surface area (Å²) in [6, 6.07) is 3.07. The van der Waals surface area contributed by atoms with Gasteiger partial charge in [0.05, 0.1) is 16.5 Å². The molecule has 7 heteroatoms. The van der Waals surface area contributed by atoms with Gasteiger partial charge in [-0.1, -0.05) is 0 Å². The lowest BCUT2D eigenvalue weighted by molar-refractivity contribution is 0.410. The predicted octanol–water partition coefficient (Wildman–Crippen LogP) is 2.13. The fourth-order valence-corrected chi connectivity index (χ4v) is 3.58. The molecule has 1 aromatic rings. The van der Waals surface area contributed by atoms with Gasteiger partial charge in [-0.2, -0.15) is 0 Å². The standard InChI is InChI=1S/C8H9Br2NO3S/c1-11-15(12,13)8-4-7(14-2)5(9)3-6(8)10/h3-4,11H,1-2H3. The van der Waals surface area contributed by atoms with E-state index in [1.807, 2.05) is 0 Å². The minimum absolute atomic E-state index is 0.144. The fourth-order valence-electron chi connectivity index (χ4n) is 0.983. The molecule has 0 aromatic heterocycles. The third-order valence-electron chi connectivity index (χ3n) is 1.76. The van der Waals surface area contributed by atoms with Crippen LogP contribution in [0.4, 0.5) is 0 Å². The lowest BCUT2D eigenvalue weighted by atomic mass is 10.3. The van der Waals surface area contributed by atoms with Crippen molar-refractivity contribution in [1.29, 1.82) is 0 Å². The number of rotatable bonds is 3. The third kappa shape index (κ3) is 2.72. The number of methoxy groups -OCH3 is 1. The van der Waals surface area contributed by atoms with Gasteiger partial charge >= 0.3 is 0 Å². The first-order valence-corrected chi connectivity index (χ1v) is 6.96. The molecule has 0 saturated heterocycles. The van der Waals surface area contributed by atoms with Crippen molar-refractivity contribution in [2.45, 2.75) is 4.90 Å². The van der Waals surface area contributed by atoms with E-state index in [0.717, 1.165) is 0 Å². The van der Waals surface area contributed by atoms with Crippen LogP contribution in [0.1, 0.15) is 0 Å². The van der Waals surface area contributed by atoms with Gasteiger partial charge in [-0.05, 0) is 45.0 Å². The molecule has 0 saturated carbocycles. The van der Waals surface area contributed by atoms with Crippen molar-refractivity contribution >= 4 is 41.9 Å². The number of benzene rings is 1. The Labute approximate surface area is 105 Å². The van der Waals surface area contributed by atoms with Crippen molar-refractivity contribution in [3.05, 3.63) is 21.1 Å². The zero-order valence-corrected chi connectivity index (χ0v) is 12.0. The Bertz CT molecular complexity index is 473. The summed E-state index contributed by atoms with van der Waals surface area (Å²) in [5, 5.41) is 0. The van der Waals surface area contributed by atoms with Gasteiger partial charge < -0.3 is 4.74 Å². The van der Waals surface area contributed by atoms with Crippen LogP contribution in [0.3, 0.4) is 0 Å². The molecule has 0 unspecified atom stereocenters. The number of ether oxygens (including phenoxy) is 1. The number of hydrogen-bond donors (Lipinski definition) is 1. The van der Waals surface area contributed by atoms with Crippen LogP contribution < -0.4 is 9.46 Å². The van der Waals surface area contributed by atoms with Crippen LogP contribution in [-0.4, -0.2) is 22.6 Å². The Morgan fingerprint density at radius 1 is 1.27 bits per heavy atom. The number of nitrogens with one attached hydrogen (secondary N) is 1. The van der Waals surface area contributed by atoms with Crippen LogP contribution in [0.2, 0.25) is 0 Å². The molecule has 0 heterocycles. The summed E-state index contributed by atoms with van der Waals surface area (Å²) in [5.74, 6) is 0.465. The Morgan fingerprint density at radius 2 is 1.87 bits per heavy atom. The van der Waals surface area contributed by atoms with Crippen LogP contribution in [0, 0.1) is 0 Å². The van der Waals surface area contributed by atoms with Crippen LogP contribution in [0.15, 0.2) is 26.0 Å². The molecule has 1 rings (SSSR count).